The fourth-order valence-electron chi connectivity index (χ4n) is 3.83. The fourth-order valence-corrected chi connectivity index (χ4v) is 4.19. The summed E-state index contributed by atoms with van der Waals surface area (Å²) >= 11 is 3.47. The largest absolute Gasteiger partial charge is 0.325 e. The lowest BCUT2D eigenvalue weighted by atomic mass is 9.72. The summed E-state index contributed by atoms with van der Waals surface area (Å²) < 4.78 is 2.52. The van der Waals surface area contributed by atoms with Gasteiger partial charge in [0.15, 0.2) is 0 Å². The number of benzene rings is 2. The third-order valence-electron chi connectivity index (χ3n) is 4.99. The number of carbonyl (C=O) groups excluding carboxylic acids is 2. The van der Waals surface area contributed by atoms with E-state index in [4.69, 9.17) is 0 Å². The van der Waals surface area contributed by atoms with E-state index in [1.165, 1.54) is 0 Å². The highest BCUT2D eigenvalue weighted by atomic mass is 79.9. The molecule has 2 aliphatic heterocycles. The van der Waals surface area contributed by atoms with Crippen LogP contribution in [0, 0.1) is 0 Å². The van der Waals surface area contributed by atoms with Crippen LogP contribution in [0.15, 0.2) is 59.2 Å². The molecule has 0 bridgehead atoms. The molecule has 3 aromatic rings. The van der Waals surface area contributed by atoms with Gasteiger partial charge in [-0.3, -0.25) is 9.59 Å². The Labute approximate surface area is 157 Å². The van der Waals surface area contributed by atoms with Crippen LogP contribution in [0.1, 0.15) is 17.5 Å². The van der Waals surface area contributed by atoms with Crippen molar-refractivity contribution in [3.8, 4) is 5.69 Å². The number of hydrogen-bond donors (Lipinski definition) is 2. The molecule has 7 heteroatoms. The van der Waals surface area contributed by atoms with Crippen molar-refractivity contribution in [2.45, 2.75) is 11.8 Å². The third kappa shape index (κ3) is 1.94. The van der Waals surface area contributed by atoms with Crippen molar-refractivity contribution in [3.05, 3.63) is 70.3 Å². The smallest absolute Gasteiger partial charge is 0.240 e. The van der Waals surface area contributed by atoms with Crippen LogP contribution < -0.4 is 10.6 Å². The van der Waals surface area contributed by atoms with Crippen molar-refractivity contribution in [3.63, 3.8) is 0 Å². The maximum absolute atomic E-state index is 13.0. The molecule has 0 saturated heterocycles. The third-order valence-corrected chi connectivity index (χ3v) is 5.48. The molecule has 0 unspecified atom stereocenters. The number of anilines is 2. The number of hydrogen-bond acceptors (Lipinski definition) is 3. The van der Waals surface area contributed by atoms with Crippen LogP contribution in [0.2, 0.25) is 0 Å². The summed E-state index contributed by atoms with van der Waals surface area (Å²) in [6, 6.07) is 15.1. The Morgan fingerprint density at radius 1 is 1.04 bits per heavy atom. The highest BCUT2D eigenvalue weighted by molar-refractivity contribution is 9.10. The summed E-state index contributed by atoms with van der Waals surface area (Å²) in [4.78, 5) is 25.6. The molecule has 1 atom stereocenters. The normalized spacial score (nSPS) is 20.5. The van der Waals surface area contributed by atoms with Gasteiger partial charge in [-0.2, -0.15) is 5.10 Å². The highest BCUT2D eigenvalue weighted by Crippen LogP contribution is 2.50. The predicted octanol–water partition coefficient (Wildman–Crippen LogP) is 3.22. The van der Waals surface area contributed by atoms with Crippen molar-refractivity contribution >= 4 is 39.2 Å². The quantitative estimate of drug-likeness (QED) is 0.648. The van der Waals surface area contributed by atoms with Gasteiger partial charge in [0.25, 0.3) is 0 Å². The van der Waals surface area contributed by atoms with Crippen molar-refractivity contribution in [1.29, 1.82) is 0 Å². The predicted molar refractivity (Wildman–Crippen MR) is 100 cm³/mol. The van der Waals surface area contributed by atoms with E-state index in [9.17, 15) is 9.59 Å². The van der Waals surface area contributed by atoms with Gasteiger partial charge in [0.1, 0.15) is 11.2 Å². The van der Waals surface area contributed by atoms with Crippen LogP contribution in [0.4, 0.5) is 11.5 Å². The molecule has 26 heavy (non-hydrogen) atoms. The first-order valence-electron chi connectivity index (χ1n) is 8.15. The van der Waals surface area contributed by atoms with E-state index in [-0.39, 0.29) is 18.2 Å². The molecule has 0 fully saturated rings. The van der Waals surface area contributed by atoms with Crippen LogP contribution in [-0.4, -0.2) is 21.6 Å². The molecule has 6 nitrogen and oxygen atoms in total. The Kier molecular flexibility index (Phi) is 3.12. The van der Waals surface area contributed by atoms with Crippen LogP contribution in [0.25, 0.3) is 5.69 Å². The maximum atomic E-state index is 13.0. The Morgan fingerprint density at radius 3 is 2.65 bits per heavy atom. The number of nitrogens with zero attached hydrogens (tertiary/aromatic N) is 2. The van der Waals surface area contributed by atoms with Gasteiger partial charge in [-0.15, -0.1) is 0 Å². The number of rotatable bonds is 1. The standard InChI is InChI=1S/C19H13BrN4O2/c20-11-6-7-15-13(8-11)19(18(26)22-15)9-16(25)23-17-14(19)10-21-24(17)12-4-2-1-3-5-12/h1-8,10H,9H2,(H,22,26)(H,23,25)/t19-/m1/s1. The Bertz CT molecular complexity index is 1080. The lowest BCUT2D eigenvalue weighted by molar-refractivity contribution is -0.125. The minimum Gasteiger partial charge on any atom is -0.325 e. The van der Waals surface area contributed by atoms with Gasteiger partial charge in [0.05, 0.1) is 11.9 Å². The zero-order chi connectivity index (χ0) is 17.9. The number of aromatic nitrogens is 2. The second-order valence-corrected chi connectivity index (χ2v) is 7.34. The molecule has 2 aliphatic rings. The van der Waals surface area contributed by atoms with Crippen molar-refractivity contribution < 1.29 is 9.59 Å². The molecular formula is C19H13BrN4O2. The summed E-state index contributed by atoms with van der Waals surface area (Å²) in [6.07, 6.45) is 1.73. The summed E-state index contributed by atoms with van der Waals surface area (Å²) in [5, 5.41) is 10.3. The second-order valence-electron chi connectivity index (χ2n) is 6.43. The number of fused-ring (bicyclic) bond motifs is 4. The molecule has 0 saturated carbocycles. The lowest BCUT2D eigenvalue weighted by Gasteiger charge is -2.31. The average molecular weight is 409 g/mol. The zero-order valence-corrected chi connectivity index (χ0v) is 15.1. The summed E-state index contributed by atoms with van der Waals surface area (Å²) in [7, 11) is 0. The van der Waals surface area contributed by atoms with Gasteiger partial charge in [0, 0.05) is 22.1 Å². The Balaban J connectivity index is 1.78. The minimum absolute atomic E-state index is 0.0514. The van der Waals surface area contributed by atoms with Gasteiger partial charge >= 0.3 is 0 Å². The minimum atomic E-state index is -1.07. The fraction of sp³-hybridized carbons (Fsp3) is 0.105. The number of amides is 2. The second kappa shape index (κ2) is 5.28. The van der Waals surface area contributed by atoms with E-state index >= 15 is 0 Å². The van der Waals surface area contributed by atoms with Crippen LogP contribution >= 0.6 is 15.9 Å². The average Bonchev–Trinajstić information content (AvgIpc) is 3.17. The first kappa shape index (κ1) is 15.3. The summed E-state index contributed by atoms with van der Waals surface area (Å²) in [5.41, 5.74) is 1.98. The van der Waals surface area contributed by atoms with E-state index < -0.39 is 5.41 Å². The molecule has 1 aromatic heterocycles. The molecular weight excluding hydrogens is 396 g/mol. The zero-order valence-electron chi connectivity index (χ0n) is 13.5. The first-order valence-corrected chi connectivity index (χ1v) is 8.94. The molecule has 128 valence electrons. The SMILES string of the molecule is O=C1C[C@]2(C(=O)Nc3ccc(Br)cc32)c2cnn(-c3ccccc3)c2N1. The number of halogens is 1. The topological polar surface area (TPSA) is 76.0 Å². The van der Waals surface area contributed by atoms with Gasteiger partial charge in [-0.25, -0.2) is 4.68 Å². The number of para-hydroxylation sites is 1. The molecule has 2 amide bonds. The van der Waals surface area contributed by atoms with E-state index in [0.29, 0.717) is 11.4 Å². The molecule has 5 rings (SSSR count). The molecule has 0 aliphatic carbocycles. The van der Waals surface area contributed by atoms with Gasteiger partial charge in [0.2, 0.25) is 11.8 Å². The summed E-state index contributed by atoms with van der Waals surface area (Å²) in [6.45, 7) is 0. The van der Waals surface area contributed by atoms with Gasteiger partial charge in [-0.1, -0.05) is 34.1 Å². The lowest BCUT2D eigenvalue weighted by Crippen LogP contribution is -2.43. The van der Waals surface area contributed by atoms with E-state index in [2.05, 4.69) is 31.7 Å². The van der Waals surface area contributed by atoms with Crippen molar-refractivity contribution in [2.24, 2.45) is 0 Å². The van der Waals surface area contributed by atoms with E-state index in [1.54, 1.807) is 10.9 Å². The Morgan fingerprint density at radius 2 is 1.85 bits per heavy atom. The molecule has 3 heterocycles. The first-order chi connectivity index (χ1) is 12.6. The van der Waals surface area contributed by atoms with Crippen molar-refractivity contribution in [2.75, 3.05) is 10.6 Å². The van der Waals surface area contributed by atoms with E-state index in [1.807, 2.05) is 48.5 Å². The number of carbonyl (C=O) groups is 2. The molecule has 2 aromatic carbocycles. The summed E-state index contributed by atoms with van der Waals surface area (Å²) in [5.74, 6) is 0.128. The molecule has 1 spiro atoms. The number of nitrogens with one attached hydrogen (secondary N) is 2. The highest BCUT2D eigenvalue weighted by Gasteiger charge is 2.54. The van der Waals surface area contributed by atoms with Crippen LogP contribution in [0.3, 0.4) is 0 Å². The maximum Gasteiger partial charge on any atom is 0.240 e. The molecule has 0 radical (unpaired) electrons. The van der Waals surface area contributed by atoms with Crippen LogP contribution in [0.5, 0.6) is 0 Å². The van der Waals surface area contributed by atoms with Gasteiger partial charge < -0.3 is 10.6 Å². The molecule has 2 N–H and O–H groups in total. The van der Waals surface area contributed by atoms with E-state index in [0.717, 1.165) is 21.4 Å². The monoisotopic (exact) mass is 408 g/mol. The van der Waals surface area contributed by atoms with Crippen LogP contribution in [-0.2, 0) is 15.0 Å². The Hall–Kier alpha value is -2.93. The van der Waals surface area contributed by atoms with Crippen molar-refractivity contribution in [1.82, 2.24) is 9.78 Å². The van der Waals surface area contributed by atoms with Gasteiger partial charge in [-0.05, 0) is 35.9 Å².